The van der Waals surface area contributed by atoms with Gasteiger partial charge in [0.2, 0.25) is 0 Å². The molecular formula is C21H27FN2O2S. The second kappa shape index (κ2) is 8.40. The summed E-state index contributed by atoms with van der Waals surface area (Å²) < 4.78 is 40.5. The molecule has 1 fully saturated rings. The number of nitrogens with zero attached hydrogens (tertiary/aromatic N) is 1. The van der Waals surface area contributed by atoms with Gasteiger partial charge >= 0.3 is 0 Å². The lowest BCUT2D eigenvalue weighted by Crippen LogP contribution is -2.45. The van der Waals surface area contributed by atoms with Gasteiger partial charge in [0.05, 0.1) is 11.6 Å². The lowest BCUT2D eigenvalue weighted by molar-refractivity contribution is 0.149. The zero-order valence-corrected chi connectivity index (χ0v) is 16.7. The van der Waals surface area contributed by atoms with Crippen LogP contribution in [-0.2, 0) is 10.0 Å². The molecule has 146 valence electrons. The topological polar surface area (TPSA) is 49.4 Å². The first-order valence-corrected chi connectivity index (χ1v) is 10.9. The van der Waals surface area contributed by atoms with Gasteiger partial charge in [-0.1, -0.05) is 38.1 Å². The molecule has 0 radical (unpaired) electrons. The Labute approximate surface area is 161 Å². The molecular weight excluding hydrogens is 363 g/mol. The van der Waals surface area contributed by atoms with E-state index in [2.05, 4.69) is 16.5 Å². The average molecular weight is 391 g/mol. The molecule has 27 heavy (non-hydrogen) atoms. The van der Waals surface area contributed by atoms with Crippen LogP contribution in [0, 0.1) is 0 Å². The summed E-state index contributed by atoms with van der Waals surface area (Å²) in [6, 6.07) is 14.0. The molecule has 4 nitrogen and oxygen atoms in total. The van der Waals surface area contributed by atoms with Gasteiger partial charge in [0, 0.05) is 30.6 Å². The summed E-state index contributed by atoms with van der Waals surface area (Å²) in [5, 5.41) is 0. The fourth-order valence-electron chi connectivity index (χ4n) is 3.38. The summed E-state index contributed by atoms with van der Waals surface area (Å²) in [6.45, 7) is 6.77. The Kier molecular flexibility index (Phi) is 6.17. The van der Waals surface area contributed by atoms with E-state index in [-0.39, 0.29) is 10.8 Å². The van der Waals surface area contributed by atoms with Crippen LogP contribution in [0.4, 0.5) is 10.1 Å². The van der Waals surface area contributed by atoms with Crippen molar-refractivity contribution in [2.75, 3.05) is 31.0 Å². The van der Waals surface area contributed by atoms with Gasteiger partial charge in [-0.25, -0.2) is 8.42 Å². The third-order valence-corrected chi connectivity index (χ3v) is 6.52. The Morgan fingerprint density at radius 1 is 1.11 bits per heavy atom. The minimum atomic E-state index is -3.66. The van der Waals surface area contributed by atoms with E-state index >= 15 is 0 Å². The lowest BCUT2D eigenvalue weighted by Gasteiger charge is -2.39. The Morgan fingerprint density at radius 2 is 1.74 bits per heavy atom. The number of anilines is 1. The molecule has 6 heteroatoms. The third kappa shape index (κ3) is 4.68. The molecule has 1 saturated heterocycles. The highest BCUT2D eigenvalue weighted by Crippen LogP contribution is 2.28. The maximum Gasteiger partial charge on any atom is 0.261 e. The first-order chi connectivity index (χ1) is 12.9. The van der Waals surface area contributed by atoms with Gasteiger partial charge in [-0.15, -0.1) is 0 Å². The molecule has 0 aliphatic carbocycles. The highest BCUT2D eigenvalue weighted by molar-refractivity contribution is 7.92. The van der Waals surface area contributed by atoms with Crippen molar-refractivity contribution in [2.45, 2.75) is 37.0 Å². The van der Waals surface area contributed by atoms with E-state index in [9.17, 15) is 12.8 Å². The quantitative estimate of drug-likeness (QED) is 0.728. The van der Waals surface area contributed by atoms with Crippen molar-refractivity contribution in [1.82, 2.24) is 4.90 Å². The number of halogens is 1. The van der Waals surface area contributed by atoms with Gasteiger partial charge in [-0.2, -0.15) is 0 Å². The first-order valence-electron chi connectivity index (χ1n) is 9.44. The van der Waals surface area contributed by atoms with Gasteiger partial charge < -0.3 is 4.90 Å². The number of hydrogen-bond donors (Lipinski definition) is 1. The second-order valence-corrected chi connectivity index (χ2v) is 8.99. The van der Waals surface area contributed by atoms with Crippen molar-refractivity contribution in [3.05, 3.63) is 59.7 Å². The van der Waals surface area contributed by atoms with E-state index in [1.54, 1.807) is 19.1 Å². The summed E-state index contributed by atoms with van der Waals surface area (Å²) in [4.78, 5) is 2.60. The normalized spacial score (nSPS) is 16.7. The van der Waals surface area contributed by atoms with Crippen molar-refractivity contribution in [3.63, 3.8) is 0 Å². The number of nitrogens with one attached hydrogen (secondary N) is 1. The highest BCUT2D eigenvalue weighted by atomic mass is 32.2. The molecule has 0 aromatic heterocycles. The molecule has 0 amide bonds. The fourth-order valence-corrected chi connectivity index (χ4v) is 4.44. The maximum absolute atomic E-state index is 12.7. The molecule has 3 rings (SSSR count). The molecule has 1 atom stereocenters. The molecule has 1 aliphatic heterocycles. The SMILES string of the molecule is CCCN1CC(c2ccc(NS(=O)(=O)c3ccc([C@@H](C)CF)cc3)cc2)C1. The van der Waals surface area contributed by atoms with Crippen LogP contribution in [0.5, 0.6) is 0 Å². The molecule has 0 bridgehead atoms. The van der Waals surface area contributed by atoms with Crippen LogP contribution in [-0.4, -0.2) is 39.6 Å². The lowest BCUT2D eigenvalue weighted by atomic mass is 9.91. The summed E-state index contributed by atoms with van der Waals surface area (Å²) in [5.41, 5.74) is 2.58. The molecule has 1 N–H and O–H groups in total. The molecule has 2 aromatic rings. The van der Waals surface area contributed by atoms with Crippen LogP contribution in [0.25, 0.3) is 0 Å². The molecule has 0 saturated carbocycles. The third-order valence-electron chi connectivity index (χ3n) is 5.12. The maximum atomic E-state index is 12.7. The van der Waals surface area contributed by atoms with E-state index in [1.165, 1.54) is 24.1 Å². The fraction of sp³-hybridized carbons (Fsp3) is 0.429. The van der Waals surface area contributed by atoms with E-state index < -0.39 is 16.7 Å². The second-order valence-electron chi connectivity index (χ2n) is 7.31. The monoisotopic (exact) mass is 390 g/mol. The smallest absolute Gasteiger partial charge is 0.261 e. The number of rotatable bonds is 8. The van der Waals surface area contributed by atoms with Gasteiger partial charge in [-0.3, -0.25) is 9.11 Å². The minimum Gasteiger partial charge on any atom is -0.302 e. The van der Waals surface area contributed by atoms with Crippen molar-refractivity contribution in [3.8, 4) is 0 Å². The Hall–Kier alpha value is -1.92. The van der Waals surface area contributed by atoms with Crippen LogP contribution in [0.3, 0.4) is 0 Å². The van der Waals surface area contributed by atoms with Crippen molar-refractivity contribution in [1.29, 1.82) is 0 Å². The van der Waals surface area contributed by atoms with E-state index in [4.69, 9.17) is 0 Å². The zero-order valence-electron chi connectivity index (χ0n) is 15.9. The van der Waals surface area contributed by atoms with Crippen LogP contribution >= 0.6 is 0 Å². The molecule has 0 unspecified atom stereocenters. The van der Waals surface area contributed by atoms with Crippen molar-refractivity contribution in [2.24, 2.45) is 0 Å². The predicted octanol–water partition coefficient (Wildman–Crippen LogP) is 4.37. The van der Waals surface area contributed by atoms with E-state index in [0.29, 0.717) is 11.6 Å². The molecule has 1 heterocycles. The van der Waals surface area contributed by atoms with Gasteiger partial charge in [0.15, 0.2) is 0 Å². The summed E-state index contributed by atoms with van der Waals surface area (Å²) in [6.07, 6.45) is 1.17. The van der Waals surface area contributed by atoms with Gasteiger partial charge in [0.25, 0.3) is 10.0 Å². The van der Waals surface area contributed by atoms with Crippen molar-refractivity contribution >= 4 is 15.7 Å². The predicted molar refractivity (Wildman–Crippen MR) is 108 cm³/mol. The van der Waals surface area contributed by atoms with Crippen LogP contribution in [0.15, 0.2) is 53.4 Å². The average Bonchev–Trinajstić information content (AvgIpc) is 2.64. The number of sulfonamides is 1. The van der Waals surface area contributed by atoms with Crippen LogP contribution in [0.1, 0.15) is 43.2 Å². The standard InChI is InChI=1S/C21H27FN2O2S/c1-3-12-24-14-19(15-24)18-4-8-20(9-5-18)23-27(25,26)21-10-6-17(7-11-21)16(2)13-22/h4-11,16,19,23H,3,12-15H2,1-2H3/t16-/m0/s1. The largest absolute Gasteiger partial charge is 0.302 e. The Morgan fingerprint density at radius 3 is 2.30 bits per heavy atom. The molecule has 2 aromatic carbocycles. The summed E-state index contributed by atoms with van der Waals surface area (Å²) in [7, 11) is -3.66. The van der Waals surface area contributed by atoms with Gasteiger partial charge in [-0.05, 0) is 48.4 Å². The number of hydrogen-bond acceptors (Lipinski definition) is 3. The minimum absolute atomic E-state index is 0.176. The zero-order chi connectivity index (χ0) is 19.4. The summed E-state index contributed by atoms with van der Waals surface area (Å²) >= 11 is 0. The molecule has 0 spiro atoms. The summed E-state index contributed by atoms with van der Waals surface area (Å²) in [5.74, 6) is 0.300. The van der Waals surface area contributed by atoms with Crippen LogP contribution < -0.4 is 4.72 Å². The van der Waals surface area contributed by atoms with Crippen LogP contribution in [0.2, 0.25) is 0 Å². The molecule has 1 aliphatic rings. The number of alkyl halides is 1. The Balaban J connectivity index is 1.64. The van der Waals surface area contributed by atoms with Gasteiger partial charge in [0.1, 0.15) is 0 Å². The number of likely N-dealkylation sites (tertiary alicyclic amines) is 1. The van der Waals surface area contributed by atoms with Crippen molar-refractivity contribution < 1.29 is 12.8 Å². The van der Waals surface area contributed by atoms with E-state index in [1.807, 2.05) is 24.3 Å². The highest BCUT2D eigenvalue weighted by Gasteiger charge is 2.27. The number of benzene rings is 2. The Bertz CT molecular complexity index is 845. The van der Waals surface area contributed by atoms with E-state index in [0.717, 1.165) is 25.2 Å². The first kappa shape index (κ1) is 19.8.